The van der Waals surface area contributed by atoms with Crippen LogP contribution in [0.25, 0.3) is 0 Å². The van der Waals surface area contributed by atoms with Crippen LogP contribution in [-0.2, 0) is 6.42 Å². The van der Waals surface area contributed by atoms with E-state index in [1.807, 2.05) is 42.5 Å². The number of hydrogen-bond acceptors (Lipinski definition) is 3. The van der Waals surface area contributed by atoms with Crippen LogP contribution in [0.15, 0.2) is 48.5 Å². The Balaban J connectivity index is 1.29. The van der Waals surface area contributed by atoms with Crippen molar-refractivity contribution in [1.29, 1.82) is 0 Å². The van der Waals surface area contributed by atoms with Crippen molar-refractivity contribution in [2.45, 2.75) is 50.5 Å². The molecule has 2 atom stereocenters. The van der Waals surface area contributed by atoms with Crippen LogP contribution in [0.4, 0.5) is 0 Å². The second-order valence-electron chi connectivity index (χ2n) is 7.63. The van der Waals surface area contributed by atoms with Crippen LogP contribution in [0, 0.1) is 0 Å². The lowest BCUT2D eigenvalue weighted by Gasteiger charge is -2.33. The normalized spacial score (nSPS) is 22.0. The highest BCUT2D eigenvalue weighted by atomic mass is 16.3. The molecule has 3 heteroatoms. The SMILES string of the molecule is O=C(CCCCN1CC[C@H]2c3cccc(O)c3CC[C@H]21)c1ccccc1. The second kappa shape index (κ2) is 7.63. The maximum Gasteiger partial charge on any atom is 0.162 e. The maximum absolute atomic E-state index is 12.2. The topological polar surface area (TPSA) is 40.5 Å². The molecule has 1 N–H and O–H groups in total. The van der Waals surface area contributed by atoms with E-state index in [9.17, 15) is 9.90 Å². The average molecular weight is 349 g/mol. The van der Waals surface area contributed by atoms with E-state index in [1.54, 1.807) is 0 Å². The number of rotatable bonds is 6. The number of benzene rings is 2. The number of hydrogen-bond donors (Lipinski definition) is 1. The zero-order chi connectivity index (χ0) is 17.9. The van der Waals surface area contributed by atoms with E-state index in [0.29, 0.717) is 24.1 Å². The lowest BCUT2D eigenvalue weighted by molar-refractivity contribution is 0.0977. The molecule has 1 fully saturated rings. The number of phenolic OH excluding ortho intramolecular Hbond substituents is 1. The summed E-state index contributed by atoms with van der Waals surface area (Å²) in [5, 5.41) is 10.1. The molecule has 26 heavy (non-hydrogen) atoms. The molecule has 2 aromatic carbocycles. The summed E-state index contributed by atoms with van der Waals surface area (Å²) < 4.78 is 0. The Morgan fingerprint density at radius 1 is 1.04 bits per heavy atom. The van der Waals surface area contributed by atoms with E-state index < -0.39 is 0 Å². The number of unbranched alkanes of at least 4 members (excludes halogenated alkanes) is 1. The van der Waals surface area contributed by atoms with Crippen LogP contribution in [-0.4, -0.2) is 34.9 Å². The summed E-state index contributed by atoms with van der Waals surface area (Å²) in [7, 11) is 0. The Labute approximate surface area is 155 Å². The van der Waals surface area contributed by atoms with Gasteiger partial charge in [0.1, 0.15) is 5.75 Å². The summed E-state index contributed by atoms with van der Waals surface area (Å²) in [6.45, 7) is 2.22. The van der Waals surface area contributed by atoms with E-state index in [-0.39, 0.29) is 5.78 Å². The lowest BCUT2D eigenvalue weighted by atomic mass is 9.79. The van der Waals surface area contributed by atoms with Gasteiger partial charge >= 0.3 is 0 Å². The van der Waals surface area contributed by atoms with Crippen molar-refractivity contribution >= 4 is 5.78 Å². The molecule has 1 aliphatic carbocycles. The molecule has 0 radical (unpaired) electrons. The number of fused-ring (bicyclic) bond motifs is 3. The second-order valence-corrected chi connectivity index (χ2v) is 7.63. The molecule has 1 heterocycles. The van der Waals surface area contributed by atoms with Gasteiger partial charge in [0.25, 0.3) is 0 Å². The van der Waals surface area contributed by atoms with Gasteiger partial charge < -0.3 is 5.11 Å². The third-order valence-corrected chi connectivity index (χ3v) is 6.13. The Hall–Kier alpha value is -2.13. The number of likely N-dealkylation sites (tertiary alicyclic amines) is 1. The van der Waals surface area contributed by atoms with Gasteiger partial charge in [0, 0.05) is 23.9 Å². The van der Waals surface area contributed by atoms with Gasteiger partial charge in [0.15, 0.2) is 5.78 Å². The molecule has 1 aliphatic heterocycles. The summed E-state index contributed by atoms with van der Waals surface area (Å²) >= 11 is 0. The molecule has 0 unspecified atom stereocenters. The highest BCUT2D eigenvalue weighted by Crippen LogP contribution is 2.43. The minimum Gasteiger partial charge on any atom is -0.508 e. The van der Waals surface area contributed by atoms with Crippen molar-refractivity contribution in [3.8, 4) is 5.75 Å². The molecule has 0 spiro atoms. The van der Waals surface area contributed by atoms with Crippen molar-refractivity contribution in [1.82, 2.24) is 4.90 Å². The molecule has 0 amide bonds. The van der Waals surface area contributed by atoms with E-state index in [0.717, 1.165) is 44.3 Å². The highest BCUT2D eigenvalue weighted by Gasteiger charge is 2.38. The fourth-order valence-electron chi connectivity index (χ4n) is 4.81. The molecule has 136 valence electrons. The Bertz CT molecular complexity index is 771. The maximum atomic E-state index is 12.2. The summed E-state index contributed by atoms with van der Waals surface area (Å²) in [5.41, 5.74) is 3.37. The molecule has 1 saturated heterocycles. The molecule has 2 aliphatic rings. The molecule has 2 aromatic rings. The van der Waals surface area contributed by atoms with Gasteiger partial charge in [0.05, 0.1) is 0 Å². The third-order valence-electron chi connectivity index (χ3n) is 6.13. The minimum absolute atomic E-state index is 0.256. The van der Waals surface area contributed by atoms with Crippen LogP contribution >= 0.6 is 0 Å². The molecule has 0 bridgehead atoms. The van der Waals surface area contributed by atoms with Gasteiger partial charge in [-0.25, -0.2) is 0 Å². The van der Waals surface area contributed by atoms with E-state index in [4.69, 9.17) is 0 Å². The van der Waals surface area contributed by atoms with E-state index >= 15 is 0 Å². The molecular weight excluding hydrogens is 322 g/mol. The van der Waals surface area contributed by atoms with Crippen molar-refractivity contribution in [3.63, 3.8) is 0 Å². The van der Waals surface area contributed by atoms with E-state index in [1.165, 1.54) is 17.5 Å². The Kier molecular flexibility index (Phi) is 5.07. The molecule has 0 saturated carbocycles. The first-order valence-electron chi connectivity index (χ1n) is 9.87. The zero-order valence-corrected chi connectivity index (χ0v) is 15.2. The highest BCUT2D eigenvalue weighted by molar-refractivity contribution is 5.95. The van der Waals surface area contributed by atoms with Crippen LogP contribution in [0.2, 0.25) is 0 Å². The predicted octanol–water partition coefficient (Wildman–Crippen LogP) is 4.55. The Morgan fingerprint density at radius 3 is 2.73 bits per heavy atom. The largest absolute Gasteiger partial charge is 0.508 e. The fourth-order valence-corrected chi connectivity index (χ4v) is 4.81. The number of Topliss-reactive ketones (excluding diaryl/α,β-unsaturated/α-hetero) is 1. The predicted molar refractivity (Wildman–Crippen MR) is 104 cm³/mol. The number of carbonyl (C=O) groups is 1. The smallest absolute Gasteiger partial charge is 0.162 e. The van der Waals surface area contributed by atoms with Crippen molar-refractivity contribution in [3.05, 3.63) is 65.2 Å². The summed E-state index contributed by atoms with van der Waals surface area (Å²) in [4.78, 5) is 14.8. The van der Waals surface area contributed by atoms with Crippen molar-refractivity contribution in [2.24, 2.45) is 0 Å². The summed E-state index contributed by atoms with van der Waals surface area (Å²) in [6.07, 6.45) is 5.98. The third kappa shape index (κ3) is 3.41. The van der Waals surface area contributed by atoms with Crippen molar-refractivity contribution in [2.75, 3.05) is 13.1 Å². The number of carbonyl (C=O) groups excluding carboxylic acids is 1. The van der Waals surface area contributed by atoms with E-state index in [2.05, 4.69) is 11.0 Å². The van der Waals surface area contributed by atoms with Crippen LogP contribution in [0.3, 0.4) is 0 Å². The molecular formula is C23H27NO2. The van der Waals surface area contributed by atoms with Gasteiger partial charge in [0.2, 0.25) is 0 Å². The number of phenols is 1. The number of nitrogens with zero attached hydrogens (tertiary/aromatic N) is 1. The first kappa shape index (κ1) is 17.3. The van der Waals surface area contributed by atoms with Crippen LogP contribution in [0.1, 0.15) is 59.5 Å². The standard InChI is InChI=1S/C23H27NO2/c25-22(17-7-2-1-3-8-17)10-4-5-15-24-16-14-19-18-9-6-11-23(26)20(18)12-13-21(19)24/h1-3,6-9,11,19,21,26H,4-5,10,12-16H2/t19-,21+/m0/s1. The molecule has 4 rings (SSSR count). The summed E-state index contributed by atoms with van der Waals surface area (Å²) in [5.74, 6) is 1.29. The van der Waals surface area contributed by atoms with Gasteiger partial charge in [-0.05, 0) is 62.4 Å². The summed E-state index contributed by atoms with van der Waals surface area (Å²) in [6, 6.07) is 16.2. The quantitative estimate of drug-likeness (QED) is 0.614. The molecule has 0 aromatic heterocycles. The number of aromatic hydroxyl groups is 1. The lowest BCUT2D eigenvalue weighted by Crippen LogP contribution is -2.35. The Morgan fingerprint density at radius 2 is 1.88 bits per heavy atom. The van der Waals surface area contributed by atoms with Crippen molar-refractivity contribution < 1.29 is 9.90 Å². The van der Waals surface area contributed by atoms with Gasteiger partial charge in [-0.1, -0.05) is 42.5 Å². The fraction of sp³-hybridized carbons (Fsp3) is 0.435. The van der Waals surface area contributed by atoms with Gasteiger partial charge in [-0.15, -0.1) is 0 Å². The average Bonchev–Trinajstić information content (AvgIpc) is 3.09. The van der Waals surface area contributed by atoms with Crippen LogP contribution in [0.5, 0.6) is 5.75 Å². The molecule has 3 nitrogen and oxygen atoms in total. The minimum atomic E-state index is 0.256. The monoisotopic (exact) mass is 349 g/mol. The first-order valence-corrected chi connectivity index (χ1v) is 9.87. The van der Waals surface area contributed by atoms with Gasteiger partial charge in [-0.3, -0.25) is 9.69 Å². The first-order chi connectivity index (χ1) is 12.7. The van der Waals surface area contributed by atoms with Crippen LogP contribution < -0.4 is 0 Å². The zero-order valence-electron chi connectivity index (χ0n) is 15.2. The van der Waals surface area contributed by atoms with Gasteiger partial charge in [-0.2, -0.15) is 0 Å². The number of ketones is 1.